The van der Waals surface area contributed by atoms with Crippen molar-refractivity contribution >= 4 is 23.3 Å². The van der Waals surface area contributed by atoms with E-state index in [-0.39, 0.29) is 5.95 Å². The first-order chi connectivity index (χ1) is 8.20. The van der Waals surface area contributed by atoms with Gasteiger partial charge in [-0.05, 0) is 12.1 Å². The van der Waals surface area contributed by atoms with Gasteiger partial charge in [-0.1, -0.05) is 18.2 Å². The van der Waals surface area contributed by atoms with Crippen molar-refractivity contribution in [2.75, 3.05) is 30.0 Å². The molecule has 0 aliphatic rings. The number of nitrogen functional groups attached to an aromatic ring is 1. The molecule has 0 radical (unpaired) electrons. The van der Waals surface area contributed by atoms with Gasteiger partial charge in [-0.2, -0.15) is 9.97 Å². The van der Waals surface area contributed by atoms with Crippen molar-refractivity contribution in [1.82, 2.24) is 9.97 Å². The number of nitrogens with two attached hydrogens (primary N) is 1. The third kappa shape index (κ3) is 2.44. The van der Waals surface area contributed by atoms with E-state index in [1.54, 1.807) is 7.05 Å². The van der Waals surface area contributed by atoms with Crippen LogP contribution in [0.2, 0.25) is 0 Å². The van der Waals surface area contributed by atoms with Crippen LogP contribution < -0.4 is 16.0 Å². The summed E-state index contributed by atoms with van der Waals surface area (Å²) < 4.78 is 0. The summed E-state index contributed by atoms with van der Waals surface area (Å²) in [5, 5.41) is 2.96. The molecule has 0 fully saturated rings. The predicted octanol–water partition coefficient (Wildman–Crippen LogP) is 1.87. The molecule has 2 aromatic rings. The van der Waals surface area contributed by atoms with E-state index >= 15 is 0 Å². The smallest absolute Gasteiger partial charge is 0.223 e. The summed E-state index contributed by atoms with van der Waals surface area (Å²) in [7, 11) is 3.74. The zero-order chi connectivity index (χ0) is 12.3. The first-order valence-corrected chi connectivity index (χ1v) is 5.32. The SMILES string of the molecule is CNc1cc(N(C)c2ccccc2)nc(N)n1. The Kier molecular flexibility index (Phi) is 3.09. The second kappa shape index (κ2) is 4.69. The van der Waals surface area contributed by atoms with Gasteiger partial charge in [-0.3, -0.25) is 0 Å². The minimum atomic E-state index is 0.259. The van der Waals surface area contributed by atoms with Crippen LogP contribution in [0.3, 0.4) is 0 Å². The molecule has 1 heterocycles. The minimum absolute atomic E-state index is 0.259. The molecule has 0 aliphatic heterocycles. The molecular weight excluding hydrogens is 214 g/mol. The van der Waals surface area contributed by atoms with Gasteiger partial charge < -0.3 is 16.0 Å². The quantitative estimate of drug-likeness (QED) is 0.841. The maximum absolute atomic E-state index is 5.66. The summed E-state index contributed by atoms with van der Waals surface area (Å²) >= 11 is 0. The molecule has 5 heteroatoms. The number of para-hydroxylation sites is 1. The number of aromatic nitrogens is 2. The van der Waals surface area contributed by atoms with E-state index in [2.05, 4.69) is 15.3 Å². The van der Waals surface area contributed by atoms with Crippen LogP contribution in [-0.4, -0.2) is 24.1 Å². The van der Waals surface area contributed by atoms with Crippen molar-refractivity contribution in [1.29, 1.82) is 0 Å². The second-order valence-corrected chi connectivity index (χ2v) is 3.61. The predicted molar refractivity (Wildman–Crippen MR) is 70.5 cm³/mol. The Balaban J connectivity index is 2.37. The second-order valence-electron chi connectivity index (χ2n) is 3.61. The number of nitrogens with one attached hydrogen (secondary N) is 1. The lowest BCUT2D eigenvalue weighted by Crippen LogP contribution is -2.13. The summed E-state index contributed by atoms with van der Waals surface area (Å²) in [5.74, 6) is 1.72. The number of hydrogen-bond donors (Lipinski definition) is 2. The molecule has 5 nitrogen and oxygen atoms in total. The summed E-state index contributed by atoms with van der Waals surface area (Å²) in [5.41, 5.74) is 6.71. The van der Waals surface area contributed by atoms with Crippen LogP contribution in [0.25, 0.3) is 0 Å². The molecule has 88 valence electrons. The van der Waals surface area contributed by atoms with Crippen LogP contribution in [0.5, 0.6) is 0 Å². The largest absolute Gasteiger partial charge is 0.373 e. The van der Waals surface area contributed by atoms with Gasteiger partial charge in [0.25, 0.3) is 0 Å². The van der Waals surface area contributed by atoms with Gasteiger partial charge in [0, 0.05) is 25.8 Å². The molecule has 0 saturated heterocycles. The first kappa shape index (κ1) is 11.2. The lowest BCUT2D eigenvalue weighted by atomic mass is 10.3. The zero-order valence-electron chi connectivity index (χ0n) is 9.88. The van der Waals surface area contributed by atoms with Gasteiger partial charge in [-0.15, -0.1) is 0 Å². The molecule has 0 unspecified atom stereocenters. The third-order valence-corrected chi connectivity index (χ3v) is 2.47. The Morgan fingerprint density at radius 3 is 2.53 bits per heavy atom. The molecule has 3 N–H and O–H groups in total. The lowest BCUT2D eigenvalue weighted by molar-refractivity contribution is 1.09. The first-order valence-electron chi connectivity index (χ1n) is 5.32. The molecule has 0 bridgehead atoms. The Morgan fingerprint density at radius 1 is 1.18 bits per heavy atom. The third-order valence-electron chi connectivity index (χ3n) is 2.47. The topological polar surface area (TPSA) is 67.1 Å². The lowest BCUT2D eigenvalue weighted by Gasteiger charge is -2.18. The summed E-state index contributed by atoms with van der Waals surface area (Å²) in [4.78, 5) is 10.2. The van der Waals surface area contributed by atoms with Crippen molar-refractivity contribution in [3.63, 3.8) is 0 Å². The highest BCUT2D eigenvalue weighted by Crippen LogP contribution is 2.23. The van der Waals surface area contributed by atoms with Gasteiger partial charge in [0.1, 0.15) is 11.6 Å². The van der Waals surface area contributed by atoms with Gasteiger partial charge in [0.05, 0.1) is 0 Å². The van der Waals surface area contributed by atoms with E-state index in [1.807, 2.05) is 48.3 Å². The van der Waals surface area contributed by atoms with Crippen molar-refractivity contribution in [2.24, 2.45) is 0 Å². The number of hydrogen-bond acceptors (Lipinski definition) is 5. The van der Waals surface area contributed by atoms with E-state index in [0.717, 1.165) is 11.5 Å². The van der Waals surface area contributed by atoms with Crippen molar-refractivity contribution in [3.8, 4) is 0 Å². The van der Waals surface area contributed by atoms with Crippen molar-refractivity contribution in [3.05, 3.63) is 36.4 Å². The number of benzene rings is 1. The molecular formula is C12H15N5. The standard InChI is InChI=1S/C12H15N5/c1-14-10-8-11(16-12(13)15-10)17(2)9-6-4-3-5-7-9/h3-8H,1-2H3,(H3,13,14,15,16). The van der Waals surface area contributed by atoms with Crippen molar-refractivity contribution < 1.29 is 0 Å². The van der Waals surface area contributed by atoms with Gasteiger partial charge in [0.15, 0.2) is 0 Å². The molecule has 0 spiro atoms. The maximum Gasteiger partial charge on any atom is 0.223 e. The molecule has 1 aromatic heterocycles. The molecule has 2 rings (SSSR count). The molecule has 0 aliphatic carbocycles. The summed E-state index contributed by atoms with van der Waals surface area (Å²) in [6.07, 6.45) is 0. The fourth-order valence-corrected chi connectivity index (χ4v) is 1.54. The highest BCUT2D eigenvalue weighted by Gasteiger charge is 2.07. The average molecular weight is 229 g/mol. The van der Waals surface area contributed by atoms with Crippen LogP contribution in [0.1, 0.15) is 0 Å². The highest BCUT2D eigenvalue weighted by atomic mass is 15.2. The van der Waals surface area contributed by atoms with E-state index in [1.165, 1.54) is 0 Å². The molecule has 1 aromatic carbocycles. The van der Waals surface area contributed by atoms with Crippen LogP contribution in [0, 0.1) is 0 Å². The number of anilines is 4. The summed E-state index contributed by atoms with van der Waals surface area (Å²) in [6, 6.07) is 11.8. The van der Waals surface area contributed by atoms with Crippen LogP contribution in [-0.2, 0) is 0 Å². The zero-order valence-corrected chi connectivity index (χ0v) is 9.88. The fourth-order valence-electron chi connectivity index (χ4n) is 1.54. The molecule has 17 heavy (non-hydrogen) atoms. The van der Waals surface area contributed by atoms with Crippen molar-refractivity contribution in [2.45, 2.75) is 0 Å². The molecule has 0 amide bonds. The van der Waals surface area contributed by atoms with Crippen LogP contribution in [0.15, 0.2) is 36.4 Å². The number of nitrogens with zero attached hydrogens (tertiary/aromatic N) is 3. The van der Waals surface area contributed by atoms with E-state index in [0.29, 0.717) is 5.82 Å². The molecule has 0 saturated carbocycles. The maximum atomic E-state index is 5.66. The Morgan fingerprint density at radius 2 is 1.88 bits per heavy atom. The Hall–Kier alpha value is -2.30. The van der Waals surface area contributed by atoms with Gasteiger partial charge in [-0.25, -0.2) is 0 Å². The monoisotopic (exact) mass is 229 g/mol. The summed E-state index contributed by atoms with van der Waals surface area (Å²) in [6.45, 7) is 0. The fraction of sp³-hybridized carbons (Fsp3) is 0.167. The van der Waals surface area contributed by atoms with E-state index < -0.39 is 0 Å². The van der Waals surface area contributed by atoms with Crippen LogP contribution >= 0.6 is 0 Å². The minimum Gasteiger partial charge on any atom is -0.373 e. The molecule has 0 atom stereocenters. The number of rotatable bonds is 3. The average Bonchev–Trinajstić information content (AvgIpc) is 2.38. The highest BCUT2D eigenvalue weighted by molar-refractivity contribution is 5.62. The van der Waals surface area contributed by atoms with Gasteiger partial charge >= 0.3 is 0 Å². The van der Waals surface area contributed by atoms with E-state index in [4.69, 9.17) is 5.73 Å². The Labute approximate surface area is 100 Å². The van der Waals surface area contributed by atoms with Gasteiger partial charge in [0.2, 0.25) is 5.95 Å². The van der Waals surface area contributed by atoms with E-state index in [9.17, 15) is 0 Å². The van der Waals surface area contributed by atoms with Crippen LogP contribution in [0.4, 0.5) is 23.3 Å². The Bertz CT molecular complexity index is 498. The normalized spacial score (nSPS) is 10.0.